The molecule has 0 radical (unpaired) electrons. The van der Waals surface area contributed by atoms with Gasteiger partial charge in [0, 0.05) is 6.54 Å². The molecule has 0 aliphatic rings. The first-order valence-electron chi connectivity index (χ1n) is 5.45. The van der Waals surface area contributed by atoms with Crippen molar-refractivity contribution in [1.82, 2.24) is 0 Å². The molecule has 1 aromatic carbocycles. The van der Waals surface area contributed by atoms with Gasteiger partial charge in [-0.05, 0) is 40.1 Å². The minimum absolute atomic E-state index is 0.0396. The lowest BCUT2D eigenvalue weighted by Crippen LogP contribution is -2.21. The fourth-order valence-electron chi connectivity index (χ4n) is 1.47. The lowest BCUT2D eigenvalue weighted by atomic mass is 9.99. The number of carboxylic acids is 1. The van der Waals surface area contributed by atoms with E-state index in [9.17, 15) is 4.79 Å². The Kier molecular flexibility index (Phi) is 5.37. The topological polar surface area (TPSA) is 72.5 Å². The largest absolute Gasteiger partial charge is 0.488 e. The molecule has 18 heavy (non-hydrogen) atoms. The zero-order valence-electron chi connectivity index (χ0n) is 10.1. The number of aliphatic carboxylic acids is 1. The average Bonchev–Trinajstić information content (AvgIpc) is 2.30. The Bertz CT molecular complexity index is 460. The van der Waals surface area contributed by atoms with Gasteiger partial charge >= 0.3 is 5.97 Å². The molecule has 0 saturated carbocycles. The fraction of sp³-hybridized carbons (Fsp3) is 0.308. The summed E-state index contributed by atoms with van der Waals surface area (Å²) in [5.74, 6) is -1.10. The van der Waals surface area contributed by atoms with Crippen LogP contribution in [0.3, 0.4) is 0 Å². The zero-order chi connectivity index (χ0) is 13.7. The van der Waals surface area contributed by atoms with E-state index < -0.39 is 11.9 Å². The Hall–Kier alpha value is -1.33. The van der Waals surface area contributed by atoms with Gasteiger partial charge < -0.3 is 15.6 Å². The Morgan fingerprint density at radius 3 is 2.78 bits per heavy atom. The van der Waals surface area contributed by atoms with Crippen LogP contribution in [0.25, 0.3) is 0 Å². The van der Waals surface area contributed by atoms with Crippen molar-refractivity contribution < 1.29 is 14.6 Å². The molecule has 0 bridgehead atoms. The summed E-state index contributed by atoms with van der Waals surface area (Å²) in [7, 11) is 0. The Morgan fingerprint density at radius 1 is 1.61 bits per heavy atom. The fourth-order valence-corrected chi connectivity index (χ4v) is 2.13. The molecule has 3 N–H and O–H groups in total. The Balaban J connectivity index is 3.04. The van der Waals surface area contributed by atoms with Gasteiger partial charge in [-0.1, -0.05) is 18.7 Å². The van der Waals surface area contributed by atoms with E-state index in [0.29, 0.717) is 22.4 Å². The van der Waals surface area contributed by atoms with E-state index in [1.54, 1.807) is 18.2 Å². The third-order valence-corrected chi connectivity index (χ3v) is 3.23. The van der Waals surface area contributed by atoms with Gasteiger partial charge in [0.25, 0.3) is 0 Å². The quantitative estimate of drug-likeness (QED) is 0.792. The summed E-state index contributed by atoms with van der Waals surface area (Å²) >= 11 is 3.37. The van der Waals surface area contributed by atoms with E-state index in [1.807, 2.05) is 6.92 Å². The van der Waals surface area contributed by atoms with Crippen LogP contribution in [-0.4, -0.2) is 24.2 Å². The van der Waals surface area contributed by atoms with Gasteiger partial charge in [0.05, 0.1) is 10.4 Å². The molecule has 0 spiro atoms. The number of ether oxygens (including phenoxy) is 1. The first-order valence-corrected chi connectivity index (χ1v) is 6.25. The molecule has 4 nitrogen and oxygen atoms in total. The van der Waals surface area contributed by atoms with Gasteiger partial charge in [-0.2, -0.15) is 0 Å². The molecule has 0 saturated heterocycles. The van der Waals surface area contributed by atoms with E-state index >= 15 is 0 Å². The minimum atomic E-state index is -0.949. The molecule has 1 aromatic rings. The van der Waals surface area contributed by atoms with Gasteiger partial charge in [-0.25, -0.2) is 0 Å². The third kappa shape index (κ3) is 3.58. The summed E-state index contributed by atoms with van der Waals surface area (Å²) in [4.78, 5) is 11.1. The second-order valence-electron chi connectivity index (χ2n) is 4.03. The van der Waals surface area contributed by atoms with E-state index in [0.717, 1.165) is 5.57 Å². The maximum atomic E-state index is 11.1. The van der Waals surface area contributed by atoms with Crippen LogP contribution < -0.4 is 10.5 Å². The van der Waals surface area contributed by atoms with Crippen molar-refractivity contribution in [3.63, 3.8) is 0 Å². The smallest absolute Gasteiger partial charge is 0.312 e. The number of carbonyl (C=O) groups is 1. The van der Waals surface area contributed by atoms with Crippen molar-refractivity contribution in [3.8, 4) is 5.75 Å². The molecule has 98 valence electrons. The molecule has 1 rings (SSSR count). The molecule has 0 amide bonds. The summed E-state index contributed by atoms with van der Waals surface area (Å²) in [6.07, 6.45) is 0. The minimum Gasteiger partial charge on any atom is -0.488 e. The maximum absolute atomic E-state index is 11.1. The summed E-state index contributed by atoms with van der Waals surface area (Å²) in [6.45, 7) is 6.04. The van der Waals surface area contributed by atoms with Gasteiger partial charge in [-0.15, -0.1) is 0 Å². The predicted molar refractivity (Wildman–Crippen MR) is 73.9 cm³/mol. The number of hydrogen-bond donors (Lipinski definition) is 2. The van der Waals surface area contributed by atoms with Crippen LogP contribution in [0.15, 0.2) is 34.8 Å². The molecular formula is C13H16BrNO3. The lowest BCUT2D eigenvalue weighted by Gasteiger charge is -2.15. The molecule has 0 aliphatic heterocycles. The van der Waals surface area contributed by atoms with Gasteiger partial charge in [-0.3, -0.25) is 4.79 Å². The molecule has 1 unspecified atom stereocenters. The number of rotatable bonds is 6. The van der Waals surface area contributed by atoms with Gasteiger partial charge in [0.15, 0.2) is 0 Å². The van der Waals surface area contributed by atoms with Crippen molar-refractivity contribution in [2.45, 2.75) is 12.8 Å². The van der Waals surface area contributed by atoms with Gasteiger partial charge in [0.1, 0.15) is 12.4 Å². The highest BCUT2D eigenvalue weighted by Crippen LogP contribution is 2.33. The molecule has 0 aromatic heterocycles. The first-order chi connectivity index (χ1) is 8.47. The number of carboxylic acid groups (broad SMARTS) is 1. The highest BCUT2D eigenvalue weighted by molar-refractivity contribution is 9.10. The molecule has 1 atom stereocenters. The van der Waals surface area contributed by atoms with Crippen LogP contribution in [0, 0.1) is 0 Å². The molecular weight excluding hydrogens is 298 g/mol. The maximum Gasteiger partial charge on any atom is 0.312 e. The Labute approximate surface area is 115 Å². The third-order valence-electron chi connectivity index (χ3n) is 2.38. The van der Waals surface area contributed by atoms with Crippen LogP contribution in [-0.2, 0) is 4.79 Å². The molecule has 0 aliphatic carbocycles. The standard InChI is InChI=1S/C13H16BrNO3/c1-8(2)7-18-11-5-3-4-9(12(11)14)10(6-15)13(16)17/h3-5,10H,1,6-7,15H2,2H3,(H,16,17). The van der Waals surface area contributed by atoms with E-state index in [-0.39, 0.29) is 6.54 Å². The lowest BCUT2D eigenvalue weighted by molar-refractivity contribution is -0.138. The van der Waals surface area contributed by atoms with Crippen LogP contribution >= 0.6 is 15.9 Å². The van der Waals surface area contributed by atoms with Crippen LogP contribution in [0.4, 0.5) is 0 Å². The molecule has 0 heterocycles. The van der Waals surface area contributed by atoms with Crippen LogP contribution in [0.2, 0.25) is 0 Å². The number of hydrogen-bond acceptors (Lipinski definition) is 3. The highest BCUT2D eigenvalue weighted by Gasteiger charge is 2.22. The normalized spacial score (nSPS) is 11.9. The second kappa shape index (κ2) is 6.56. The van der Waals surface area contributed by atoms with E-state index in [2.05, 4.69) is 22.5 Å². The average molecular weight is 314 g/mol. The zero-order valence-corrected chi connectivity index (χ0v) is 11.7. The van der Waals surface area contributed by atoms with Crippen molar-refractivity contribution in [1.29, 1.82) is 0 Å². The summed E-state index contributed by atoms with van der Waals surface area (Å²) < 4.78 is 6.16. The van der Waals surface area contributed by atoms with Crippen molar-refractivity contribution in [2.75, 3.05) is 13.2 Å². The monoisotopic (exact) mass is 313 g/mol. The number of nitrogens with two attached hydrogens (primary N) is 1. The van der Waals surface area contributed by atoms with E-state index in [4.69, 9.17) is 15.6 Å². The first kappa shape index (κ1) is 14.7. The van der Waals surface area contributed by atoms with Crippen LogP contribution in [0.5, 0.6) is 5.75 Å². The van der Waals surface area contributed by atoms with Crippen molar-refractivity contribution in [3.05, 3.63) is 40.4 Å². The summed E-state index contributed by atoms with van der Waals surface area (Å²) in [6, 6.07) is 5.24. The number of benzene rings is 1. The highest BCUT2D eigenvalue weighted by atomic mass is 79.9. The summed E-state index contributed by atoms with van der Waals surface area (Å²) in [5.41, 5.74) is 7.00. The Morgan fingerprint density at radius 2 is 2.28 bits per heavy atom. The van der Waals surface area contributed by atoms with Crippen molar-refractivity contribution >= 4 is 21.9 Å². The van der Waals surface area contributed by atoms with Gasteiger partial charge in [0.2, 0.25) is 0 Å². The second-order valence-corrected chi connectivity index (χ2v) is 4.82. The van der Waals surface area contributed by atoms with Crippen LogP contribution in [0.1, 0.15) is 18.4 Å². The summed E-state index contributed by atoms with van der Waals surface area (Å²) in [5, 5.41) is 9.10. The predicted octanol–water partition coefficient (Wildman–Crippen LogP) is 2.53. The molecule has 5 heteroatoms. The van der Waals surface area contributed by atoms with Crippen molar-refractivity contribution in [2.24, 2.45) is 5.73 Å². The SMILES string of the molecule is C=C(C)COc1cccc(C(CN)C(=O)O)c1Br. The number of halogens is 1. The van der Waals surface area contributed by atoms with E-state index in [1.165, 1.54) is 0 Å². The molecule has 0 fully saturated rings.